The number of para-hydroxylation sites is 1. The number of hydrogen-bond donors (Lipinski definition) is 0. The summed E-state index contributed by atoms with van der Waals surface area (Å²) < 4.78 is 14.0. The summed E-state index contributed by atoms with van der Waals surface area (Å²) in [5.41, 5.74) is 2.47. The maximum atomic E-state index is 13.5. The van der Waals surface area contributed by atoms with E-state index in [9.17, 15) is 4.79 Å². The molecule has 0 aliphatic carbocycles. The van der Waals surface area contributed by atoms with Crippen LogP contribution >= 0.6 is 22.9 Å². The Labute approximate surface area is 213 Å². The molecule has 1 saturated heterocycles. The number of nitrogens with zero attached hydrogens (tertiary/aromatic N) is 3. The van der Waals surface area contributed by atoms with Crippen molar-refractivity contribution in [3.8, 4) is 17.3 Å². The van der Waals surface area contributed by atoms with Crippen LogP contribution in [0, 0.1) is 6.92 Å². The van der Waals surface area contributed by atoms with Crippen LogP contribution in [0.3, 0.4) is 0 Å². The molecule has 1 fully saturated rings. The highest BCUT2D eigenvalue weighted by molar-refractivity contribution is 7.12. The minimum absolute atomic E-state index is 0.0141. The monoisotopic (exact) mass is 507 g/mol. The number of aromatic nitrogens is 2. The molecule has 1 aliphatic rings. The lowest BCUT2D eigenvalue weighted by atomic mass is 10.2. The van der Waals surface area contributed by atoms with Crippen LogP contribution in [0.4, 0.5) is 0 Å². The second-order valence-electron chi connectivity index (χ2n) is 8.47. The second kappa shape index (κ2) is 10.6. The number of thiophene rings is 1. The normalized spacial score (nSPS) is 15.3. The summed E-state index contributed by atoms with van der Waals surface area (Å²) in [6, 6.07) is 20.8. The molecule has 5 rings (SSSR count). The van der Waals surface area contributed by atoms with Crippen molar-refractivity contribution in [2.75, 3.05) is 13.2 Å². The fourth-order valence-corrected chi connectivity index (χ4v) is 5.00. The van der Waals surface area contributed by atoms with E-state index in [-0.39, 0.29) is 12.0 Å². The van der Waals surface area contributed by atoms with Gasteiger partial charge in [0.05, 0.1) is 34.5 Å². The van der Waals surface area contributed by atoms with Gasteiger partial charge in [0.25, 0.3) is 5.91 Å². The maximum absolute atomic E-state index is 13.5. The van der Waals surface area contributed by atoms with Crippen molar-refractivity contribution < 1.29 is 14.3 Å². The number of aryl methyl sites for hydroxylation is 1. The molecule has 6 nitrogen and oxygen atoms in total. The van der Waals surface area contributed by atoms with Gasteiger partial charge in [-0.15, -0.1) is 11.3 Å². The maximum Gasteiger partial charge on any atom is 0.264 e. The van der Waals surface area contributed by atoms with Gasteiger partial charge in [-0.25, -0.2) is 4.68 Å². The predicted molar refractivity (Wildman–Crippen MR) is 138 cm³/mol. The molecule has 0 saturated carbocycles. The van der Waals surface area contributed by atoms with Gasteiger partial charge in [0.15, 0.2) is 0 Å². The molecule has 35 heavy (non-hydrogen) atoms. The molecule has 0 radical (unpaired) electrons. The van der Waals surface area contributed by atoms with Crippen LogP contribution in [0.2, 0.25) is 5.02 Å². The first-order valence-electron chi connectivity index (χ1n) is 11.6. The molecule has 2 aromatic carbocycles. The molecule has 1 amide bonds. The van der Waals surface area contributed by atoms with E-state index in [1.165, 1.54) is 11.3 Å². The molecule has 0 bridgehead atoms. The molecule has 1 atom stereocenters. The summed E-state index contributed by atoms with van der Waals surface area (Å²) in [6.07, 6.45) is 2.00. The van der Waals surface area contributed by atoms with Gasteiger partial charge >= 0.3 is 0 Å². The number of ether oxygens (including phenoxy) is 2. The van der Waals surface area contributed by atoms with Crippen LogP contribution in [0.1, 0.15) is 33.8 Å². The summed E-state index contributed by atoms with van der Waals surface area (Å²) in [6.45, 7) is 3.56. The molecule has 0 spiro atoms. The van der Waals surface area contributed by atoms with Crippen molar-refractivity contribution in [1.29, 1.82) is 0 Å². The first-order chi connectivity index (χ1) is 17.1. The Hall–Kier alpha value is -3.13. The Bertz CT molecular complexity index is 1270. The zero-order valence-electron chi connectivity index (χ0n) is 19.4. The standard InChI is InChI=1S/C27H26ClN3O3S/c1-19-24(18-30(17-23-9-5-15-33-23)26(32)25-10-6-16-35-25)27(34-22-7-3-2-4-8-22)31(29-19)21-13-11-20(28)12-14-21/h2-4,6-8,10-14,16,23H,5,9,15,17-18H2,1H3/t23-/m1/s1. The zero-order chi connectivity index (χ0) is 24.2. The average molecular weight is 508 g/mol. The summed E-state index contributed by atoms with van der Waals surface area (Å²) in [4.78, 5) is 16.1. The third-order valence-corrected chi connectivity index (χ3v) is 7.09. The number of benzene rings is 2. The highest BCUT2D eigenvalue weighted by Crippen LogP contribution is 2.33. The molecule has 4 aromatic rings. The van der Waals surface area contributed by atoms with E-state index in [0.29, 0.717) is 34.6 Å². The molecule has 1 aliphatic heterocycles. The quantitative estimate of drug-likeness (QED) is 0.273. The van der Waals surface area contributed by atoms with E-state index >= 15 is 0 Å². The third kappa shape index (κ3) is 5.42. The topological polar surface area (TPSA) is 56.6 Å². The van der Waals surface area contributed by atoms with Gasteiger partial charge in [-0.2, -0.15) is 5.10 Å². The molecule has 8 heteroatoms. The number of halogens is 1. The van der Waals surface area contributed by atoms with Gasteiger partial charge < -0.3 is 14.4 Å². The van der Waals surface area contributed by atoms with Crippen molar-refractivity contribution in [1.82, 2.24) is 14.7 Å². The van der Waals surface area contributed by atoms with E-state index in [1.807, 2.05) is 83.9 Å². The first kappa shape index (κ1) is 23.6. The second-order valence-corrected chi connectivity index (χ2v) is 9.85. The van der Waals surface area contributed by atoms with Crippen molar-refractivity contribution in [2.45, 2.75) is 32.4 Å². The highest BCUT2D eigenvalue weighted by atomic mass is 35.5. The average Bonchev–Trinajstić information content (AvgIpc) is 3.64. The van der Waals surface area contributed by atoms with Crippen molar-refractivity contribution in [2.24, 2.45) is 0 Å². The van der Waals surface area contributed by atoms with Gasteiger partial charge in [-0.3, -0.25) is 4.79 Å². The van der Waals surface area contributed by atoms with Crippen LogP contribution < -0.4 is 4.74 Å². The van der Waals surface area contributed by atoms with Crippen LogP contribution in [0.25, 0.3) is 5.69 Å². The van der Waals surface area contributed by atoms with Crippen molar-refractivity contribution in [3.63, 3.8) is 0 Å². The Morgan fingerprint density at radius 3 is 2.66 bits per heavy atom. The highest BCUT2D eigenvalue weighted by Gasteiger charge is 2.28. The lowest BCUT2D eigenvalue weighted by molar-refractivity contribution is 0.0509. The van der Waals surface area contributed by atoms with Gasteiger partial charge in [-0.1, -0.05) is 35.9 Å². The molecule has 3 heterocycles. The summed E-state index contributed by atoms with van der Waals surface area (Å²) >= 11 is 7.57. The summed E-state index contributed by atoms with van der Waals surface area (Å²) in [5.74, 6) is 1.26. The van der Waals surface area contributed by atoms with Crippen LogP contribution in [-0.4, -0.2) is 39.8 Å². The first-order valence-corrected chi connectivity index (χ1v) is 12.9. The number of carbonyl (C=O) groups excluding carboxylic acids is 1. The third-order valence-electron chi connectivity index (χ3n) is 5.98. The number of carbonyl (C=O) groups is 1. The Morgan fingerprint density at radius 1 is 1.17 bits per heavy atom. The van der Waals surface area contributed by atoms with Crippen LogP contribution in [-0.2, 0) is 11.3 Å². The smallest absolute Gasteiger partial charge is 0.264 e. The lowest BCUT2D eigenvalue weighted by Crippen LogP contribution is -2.36. The fourth-order valence-electron chi connectivity index (χ4n) is 4.18. The van der Waals surface area contributed by atoms with Crippen LogP contribution in [0.15, 0.2) is 72.1 Å². The summed E-state index contributed by atoms with van der Waals surface area (Å²) in [5, 5.41) is 7.36. The zero-order valence-corrected chi connectivity index (χ0v) is 21.0. The van der Waals surface area contributed by atoms with Crippen molar-refractivity contribution in [3.05, 3.63) is 93.3 Å². The molecule has 2 aromatic heterocycles. The molecule has 0 N–H and O–H groups in total. The van der Waals surface area contributed by atoms with E-state index in [4.69, 9.17) is 26.2 Å². The minimum Gasteiger partial charge on any atom is -0.439 e. The molecule has 0 unspecified atom stereocenters. The Balaban J connectivity index is 1.54. The van der Waals surface area contributed by atoms with E-state index in [2.05, 4.69) is 0 Å². The predicted octanol–water partition coefficient (Wildman–Crippen LogP) is 6.51. The number of amides is 1. The molecular formula is C27H26ClN3O3S. The summed E-state index contributed by atoms with van der Waals surface area (Å²) in [7, 11) is 0. The van der Waals surface area contributed by atoms with Crippen LogP contribution in [0.5, 0.6) is 11.6 Å². The van der Waals surface area contributed by atoms with E-state index in [0.717, 1.165) is 36.4 Å². The van der Waals surface area contributed by atoms with Gasteiger partial charge in [0.1, 0.15) is 5.75 Å². The SMILES string of the molecule is Cc1nn(-c2ccc(Cl)cc2)c(Oc2ccccc2)c1CN(C[C@H]1CCCO1)C(=O)c1cccs1. The van der Waals surface area contributed by atoms with E-state index < -0.39 is 0 Å². The number of rotatable bonds is 8. The van der Waals surface area contributed by atoms with Gasteiger partial charge in [-0.05, 0) is 67.6 Å². The number of hydrogen-bond acceptors (Lipinski definition) is 5. The molecular weight excluding hydrogens is 482 g/mol. The fraction of sp³-hybridized carbons (Fsp3) is 0.259. The minimum atomic E-state index is -0.0141. The van der Waals surface area contributed by atoms with E-state index in [1.54, 1.807) is 4.68 Å². The molecule has 180 valence electrons. The van der Waals surface area contributed by atoms with Gasteiger partial charge in [0, 0.05) is 18.2 Å². The largest absolute Gasteiger partial charge is 0.439 e. The lowest BCUT2D eigenvalue weighted by Gasteiger charge is -2.25. The Kier molecular flexibility index (Phi) is 7.18. The Morgan fingerprint density at radius 2 is 1.97 bits per heavy atom. The van der Waals surface area contributed by atoms with Gasteiger partial charge in [0.2, 0.25) is 5.88 Å². The van der Waals surface area contributed by atoms with Crippen molar-refractivity contribution >= 4 is 28.8 Å².